The summed E-state index contributed by atoms with van der Waals surface area (Å²) in [5, 5.41) is 6.67. The number of carbonyl (C=O) groups is 2. The van der Waals surface area contributed by atoms with Gasteiger partial charge < -0.3 is 15.0 Å². The molecule has 120 valence electrons. The number of ether oxygens (including phenoxy) is 1. The fourth-order valence-corrected chi connectivity index (χ4v) is 2.59. The highest BCUT2D eigenvalue weighted by Crippen LogP contribution is 2.37. The quantitative estimate of drug-likeness (QED) is 0.872. The molecule has 1 aromatic carbocycles. The van der Waals surface area contributed by atoms with Crippen molar-refractivity contribution in [2.24, 2.45) is 7.05 Å². The third-order valence-corrected chi connectivity index (χ3v) is 3.84. The van der Waals surface area contributed by atoms with Gasteiger partial charge in [-0.15, -0.1) is 0 Å². The molecule has 7 heteroatoms. The lowest BCUT2D eigenvalue weighted by molar-refractivity contribution is -0.145. The molecule has 1 aromatic heterocycles. The Hall–Kier alpha value is -2.83. The molecule has 0 saturated carbocycles. The number of nitrogens with zero attached hydrogens (tertiary/aromatic N) is 3. The summed E-state index contributed by atoms with van der Waals surface area (Å²) < 4.78 is 7.34. The topological polar surface area (TPSA) is 76.5 Å². The molecule has 1 N–H and O–H groups in total. The van der Waals surface area contributed by atoms with Crippen LogP contribution in [-0.4, -0.2) is 33.7 Å². The molecule has 7 nitrogen and oxygen atoms in total. The average molecular weight is 314 g/mol. The van der Waals surface area contributed by atoms with Crippen LogP contribution in [0.2, 0.25) is 0 Å². The Balaban J connectivity index is 1.94. The van der Waals surface area contributed by atoms with Crippen LogP contribution >= 0.6 is 0 Å². The van der Waals surface area contributed by atoms with Gasteiger partial charge in [0.25, 0.3) is 17.4 Å². The first-order valence-electron chi connectivity index (χ1n) is 7.36. The van der Waals surface area contributed by atoms with Gasteiger partial charge in [0.05, 0.1) is 17.6 Å². The van der Waals surface area contributed by atoms with E-state index in [1.807, 2.05) is 19.1 Å². The van der Waals surface area contributed by atoms with E-state index in [2.05, 4.69) is 10.4 Å². The maximum atomic E-state index is 12.8. The van der Waals surface area contributed by atoms with Crippen molar-refractivity contribution in [1.29, 1.82) is 0 Å². The summed E-state index contributed by atoms with van der Waals surface area (Å²) >= 11 is 0. The number of hydrogen-bond donors (Lipinski definition) is 1. The zero-order chi connectivity index (χ0) is 16.6. The summed E-state index contributed by atoms with van der Waals surface area (Å²) in [6.07, 6.45) is 3.17. The number of amides is 2. The molecule has 1 aliphatic heterocycles. The molecular formula is C16H18N4O3. The summed E-state index contributed by atoms with van der Waals surface area (Å²) in [7, 11) is 1.74. The third kappa shape index (κ3) is 2.44. The van der Waals surface area contributed by atoms with Crippen LogP contribution < -0.4 is 15.0 Å². The molecule has 0 saturated heterocycles. The van der Waals surface area contributed by atoms with Crippen molar-refractivity contribution in [3.05, 3.63) is 36.7 Å². The summed E-state index contributed by atoms with van der Waals surface area (Å²) in [6, 6.07) is 7.19. The highest BCUT2D eigenvalue weighted by atomic mass is 16.5. The molecule has 1 atom stereocenters. The second-order valence-electron chi connectivity index (χ2n) is 5.51. The first-order chi connectivity index (χ1) is 11.0. The van der Waals surface area contributed by atoms with Gasteiger partial charge >= 0.3 is 0 Å². The Morgan fingerprint density at radius 2 is 2.13 bits per heavy atom. The fourth-order valence-electron chi connectivity index (χ4n) is 2.59. The monoisotopic (exact) mass is 314 g/mol. The number of fused-ring (bicyclic) bond motifs is 1. The SMILES string of the molecule is CCN1C(=O)C(C)(C(=O)Nc2cnn(C)c2)Oc2ccccc21. The van der Waals surface area contributed by atoms with E-state index in [9.17, 15) is 9.59 Å². The van der Waals surface area contributed by atoms with E-state index in [1.54, 1.807) is 35.0 Å². The minimum Gasteiger partial charge on any atom is -0.465 e. The summed E-state index contributed by atoms with van der Waals surface area (Å²) in [4.78, 5) is 27.0. The van der Waals surface area contributed by atoms with Gasteiger partial charge in [0, 0.05) is 19.8 Å². The van der Waals surface area contributed by atoms with Crippen molar-refractivity contribution in [3.63, 3.8) is 0 Å². The van der Waals surface area contributed by atoms with E-state index in [0.717, 1.165) is 0 Å². The van der Waals surface area contributed by atoms with Gasteiger partial charge in [-0.2, -0.15) is 5.10 Å². The van der Waals surface area contributed by atoms with Gasteiger partial charge in [0.2, 0.25) is 0 Å². The Morgan fingerprint density at radius 1 is 1.39 bits per heavy atom. The molecule has 1 aliphatic rings. The molecule has 0 radical (unpaired) electrons. The van der Waals surface area contributed by atoms with Crippen molar-refractivity contribution in [3.8, 4) is 5.75 Å². The number of carbonyl (C=O) groups excluding carboxylic acids is 2. The van der Waals surface area contributed by atoms with Crippen LogP contribution in [0.3, 0.4) is 0 Å². The van der Waals surface area contributed by atoms with Gasteiger partial charge in [0.1, 0.15) is 5.75 Å². The Kier molecular flexibility index (Phi) is 3.55. The van der Waals surface area contributed by atoms with Crippen molar-refractivity contribution in [2.75, 3.05) is 16.8 Å². The second kappa shape index (κ2) is 5.42. The molecule has 2 heterocycles. The predicted octanol–water partition coefficient (Wildman–Crippen LogP) is 1.56. The van der Waals surface area contributed by atoms with E-state index in [4.69, 9.17) is 4.74 Å². The average Bonchev–Trinajstić information content (AvgIpc) is 2.93. The van der Waals surface area contributed by atoms with Crippen molar-refractivity contribution in [2.45, 2.75) is 19.4 Å². The zero-order valence-corrected chi connectivity index (χ0v) is 13.2. The van der Waals surface area contributed by atoms with Gasteiger partial charge in [-0.3, -0.25) is 14.3 Å². The predicted molar refractivity (Wildman–Crippen MR) is 85.3 cm³/mol. The smallest absolute Gasteiger partial charge is 0.280 e. The molecule has 2 aromatic rings. The molecule has 0 spiro atoms. The minimum atomic E-state index is -1.62. The molecular weight excluding hydrogens is 296 g/mol. The normalized spacial score (nSPS) is 20.0. The van der Waals surface area contributed by atoms with Crippen LogP contribution in [0.4, 0.5) is 11.4 Å². The summed E-state index contributed by atoms with van der Waals surface area (Å²) in [5.41, 5.74) is -0.441. The highest BCUT2D eigenvalue weighted by molar-refractivity contribution is 6.19. The van der Waals surface area contributed by atoms with Crippen LogP contribution in [-0.2, 0) is 16.6 Å². The number of nitrogens with one attached hydrogen (secondary N) is 1. The van der Waals surface area contributed by atoms with Gasteiger partial charge in [-0.05, 0) is 26.0 Å². The number of rotatable bonds is 3. The molecule has 23 heavy (non-hydrogen) atoms. The standard InChI is InChI=1S/C16H18N4O3/c1-4-20-12-7-5-6-8-13(12)23-16(2,15(20)22)14(21)18-11-9-17-19(3)10-11/h5-10H,4H2,1-3H3,(H,18,21). The Bertz CT molecular complexity index is 770. The molecule has 0 aliphatic carbocycles. The Labute approximate surface area is 133 Å². The molecule has 0 bridgehead atoms. The first-order valence-corrected chi connectivity index (χ1v) is 7.36. The summed E-state index contributed by atoms with van der Waals surface area (Å²) in [6.45, 7) is 3.80. The van der Waals surface area contributed by atoms with Crippen molar-refractivity contribution in [1.82, 2.24) is 9.78 Å². The van der Waals surface area contributed by atoms with Gasteiger partial charge in [-0.25, -0.2) is 0 Å². The van der Waals surface area contributed by atoms with Crippen LogP contribution in [0, 0.1) is 0 Å². The number of benzene rings is 1. The van der Waals surface area contributed by atoms with Crippen LogP contribution in [0.5, 0.6) is 5.75 Å². The van der Waals surface area contributed by atoms with E-state index >= 15 is 0 Å². The van der Waals surface area contributed by atoms with Crippen LogP contribution in [0.25, 0.3) is 0 Å². The van der Waals surface area contributed by atoms with Gasteiger partial charge in [0.15, 0.2) is 0 Å². The van der Waals surface area contributed by atoms with E-state index in [1.165, 1.54) is 13.1 Å². The molecule has 2 amide bonds. The Morgan fingerprint density at radius 3 is 2.78 bits per heavy atom. The molecule has 0 fully saturated rings. The van der Waals surface area contributed by atoms with Gasteiger partial charge in [-0.1, -0.05) is 12.1 Å². The number of likely N-dealkylation sites (N-methyl/N-ethyl adjacent to an activating group) is 1. The maximum absolute atomic E-state index is 12.8. The second-order valence-corrected chi connectivity index (χ2v) is 5.51. The van der Waals surface area contributed by atoms with Crippen molar-refractivity contribution < 1.29 is 14.3 Å². The maximum Gasteiger partial charge on any atom is 0.280 e. The number of para-hydroxylation sites is 2. The van der Waals surface area contributed by atoms with E-state index < -0.39 is 11.5 Å². The lowest BCUT2D eigenvalue weighted by Gasteiger charge is -2.39. The fraction of sp³-hybridized carbons (Fsp3) is 0.312. The molecule has 3 rings (SSSR count). The van der Waals surface area contributed by atoms with Crippen LogP contribution in [0.1, 0.15) is 13.8 Å². The minimum absolute atomic E-state index is 0.389. The lowest BCUT2D eigenvalue weighted by atomic mass is 10.00. The number of aromatic nitrogens is 2. The largest absolute Gasteiger partial charge is 0.465 e. The number of hydrogen-bond acceptors (Lipinski definition) is 4. The highest BCUT2D eigenvalue weighted by Gasteiger charge is 2.50. The number of anilines is 2. The lowest BCUT2D eigenvalue weighted by Crippen LogP contribution is -2.60. The molecule has 1 unspecified atom stereocenters. The zero-order valence-electron chi connectivity index (χ0n) is 13.2. The van der Waals surface area contributed by atoms with Crippen LogP contribution in [0.15, 0.2) is 36.7 Å². The first kappa shape index (κ1) is 15.1. The summed E-state index contributed by atoms with van der Waals surface area (Å²) in [5.74, 6) is -0.402. The van der Waals surface area contributed by atoms with E-state index in [-0.39, 0.29) is 5.91 Å². The van der Waals surface area contributed by atoms with E-state index in [0.29, 0.717) is 23.7 Å². The number of aryl methyl sites for hydroxylation is 1. The van der Waals surface area contributed by atoms with Crippen molar-refractivity contribution >= 4 is 23.2 Å². The third-order valence-electron chi connectivity index (χ3n) is 3.84.